The van der Waals surface area contributed by atoms with E-state index in [1.54, 1.807) is 0 Å². The lowest BCUT2D eigenvalue weighted by atomic mass is 10.1. The summed E-state index contributed by atoms with van der Waals surface area (Å²) >= 11 is 0. The molecular weight excluding hydrogens is 182 g/mol. The Morgan fingerprint density at radius 1 is 1.40 bits per heavy atom. The lowest BCUT2D eigenvalue weighted by Gasteiger charge is -2.16. The van der Waals surface area contributed by atoms with E-state index in [0.717, 1.165) is 25.9 Å². The Labute approximate surface area is 93.1 Å². The molecule has 0 bridgehead atoms. The molecule has 0 aliphatic rings. The van der Waals surface area contributed by atoms with E-state index in [4.69, 9.17) is 6.42 Å². The van der Waals surface area contributed by atoms with E-state index in [2.05, 4.69) is 49.1 Å². The maximum absolute atomic E-state index is 5.22. The third-order valence-electron chi connectivity index (χ3n) is 2.40. The van der Waals surface area contributed by atoms with Gasteiger partial charge < -0.3 is 4.90 Å². The molecule has 0 saturated carbocycles. The highest BCUT2D eigenvalue weighted by Crippen LogP contribution is 2.06. The lowest BCUT2D eigenvalue weighted by molar-refractivity contribution is 0.324. The largest absolute Gasteiger partial charge is 0.302 e. The first-order chi connectivity index (χ1) is 7.22. The van der Waals surface area contributed by atoms with Gasteiger partial charge in [0, 0.05) is 13.0 Å². The summed E-state index contributed by atoms with van der Waals surface area (Å²) in [5.74, 6) is 2.67. The van der Waals surface area contributed by atoms with Gasteiger partial charge in [-0.25, -0.2) is 0 Å². The minimum Gasteiger partial charge on any atom is -0.302 e. The highest BCUT2D eigenvalue weighted by atomic mass is 15.1. The molecule has 0 radical (unpaired) electrons. The predicted octanol–water partition coefficient (Wildman–Crippen LogP) is 2.84. The molecule has 0 spiro atoms. The molecule has 0 aromatic heterocycles. The summed E-state index contributed by atoms with van der Waals surface area (Å²) in [6.07, 6.45) is 7.17. The summed E-state index contributed by atoms with van der Waals surface area (Å²) in [6, 6.07) is 8.64. The molecule has 0 atom stereocenters. The molecule has 0 N–H and O–H groups in total. The van der Waals surface area contributed by atoms with Crippen LogP contribution in [0.2, 0.25) is 0 Å². The molecular formula is C14H19N. The molecule has 0 unspecified atom stereocenters. The van der Waals surface area contributed by atoms with Crippen LogP contribution in [0.15, 0.2) is 24.3 Å². The van der Waals surface area contributed by atoms with E-state index in [1.807, 2.05) is 0 Å². The molecule has 0 heterocycles. The van der Waals surface area contributed by atoms with Crippen LogP contribution < -0.4 is 0 Å². The van der Waals surface area contributed by atoms with Gasteiger partial charge in [-0.1, -0.05) is 29.8 Å². The van der Waals surface area contributed by atoms with Gasteiger partial charge in [-0.3, -0.25) is 0 Å². The molecule has 1 heteroatoms. The van der Waals surface area contributed by atoms with E-state index < -0.39 is 0 Å². The van der Waals surface area contributed by atoms with E-state index >= 15 is 0 Å². The zero-order chi connectivity index (χ0) is 11.1. The molecule has 80 valence electrons. The van der Waals surface area contributed by atoms with Crippen LogP contribution in [0.1, 0.15) is 24.0 Å². The normalized spacial score (nSPS) is 10.3. The Morgan fingerprint density at radius 2 is 2.20 bits per heavy atom. The van der Waals surface area contributed by atoms with Crippen molar-refractivity contribution in [2.75, 3.05) is 13.6 Å². The van der Waals surface area contributed by atoms with Gasteiger partial charge >= 0.3 is 0 Å². The van der Waals surface area contributed by atoms with Crippen LogP contribution in [0.25, 0.3) is 0 Å². The molecule has 0 saturated heterocycles. The monoisotopic (exact) mass is 201 g/mol. The molecule has 0 aliphatic carbocycles. The van der Waals surface area contributed by atoms with Gasteiger partial charge in [0.1, 0.15) is 0 Å². The zero-order valence-electron chi connectivity index (χ0n) is 9.66. The van der Waals surface area contributed by atoms with Crippen LogP contribution in [0.3, 0.4) is 0 Å². The van der Waals surface area contributed by atoms with Crippen molar-refractivity contribution < 1.29 is 0 Å². The standard InChI is InChI=1S/C14H19N/c1-4-5-6-10-15(3)12-14-9-7-8-13(2)11-14/h1,7-9,11H,5-6,10,12H2,2-3H3. The van der Waals surface area contributed by atoms with Crippen molar-refractivity contribution in [3.8, 4) is 12.3 Å². The first kappa shape index (κ1) is 11.8. The average molecular weight is 201 g/mol. The van der Waals surface area contributed by atoms with Crippen molar-refractivity contribution in [1.82, 2.24) is 4.90 Å². The van der Waals surface area contributed by atoms with Crippen molar-refractivity contribution in [3.05, 3.63) is 35.4 Å². The summed E-state index contributed by atoms with van der Waals surface area (Å²) in [7, 11) is 2.14. The van der Waals surface area contributed by atoms with E-state index in [-0.39, 0.29) is 0 Å². The number of unbranched alkanes of at least 4 members (excludes halogenated alkanes) is 1. The van der Waals surface area contributed by atoms with Gasteiger partial charge in [0.15, 0.2) is 0 Å². The minimum atomic E-state index is 0.873. The number of rotatable bonds is 5. The second kappa shape index (κ2) is 6.27. The Kier molecular flexibility index (Phi) is 4.93. The average Bonchev–Trinajstić information content (AvgIpc) is 2.18. The summed E-state index contributed by atoms with van der Waals surface area (Å²) in [4.78, 5) is 2.31. The number of aryl methyl sites for hydroxylation is 1. The maximum Gasteiger partial charge on any atom is 0.0230 e. The summed E-state index contributed by atoms with van der Waals surface area (Å²) in [5, 5.41) is 0. The van der Waals surface area contributed by atoms with Gasteiger partial charge in [0.25, 0.3) is 0 Å². The van der Waals surface area contributed by atoms with E-state index in [1.165, 1.54) is 11.1 Å². The number of terminal acetylenes is 1. The van der Waals surface area contributed by atoms with Gasteiger partial charge in [-0.15, -0.1) is 12.3 Å². The van der Waals surface area contributed by atoms with Crippen molar-refractivity contribution in [2.24, 2.45) is 0 Å². The van der Waals surface area contributed by atoms with Crippen LogP contribution in [0.4, 0.5) is 0 Å². The number of hydrogen-bond donors (Lipinski definition) is 0. The third-order valence-corrected chi connectivity index (χ3v) is 2.40. The smallest absolute Gasteiger partial charge is 0.0230 e. The summed E-state index contributed by atoms with van der Waals surface area (Å²) in [5.41, 5.74) is 2.70. The summed E-state index contributed by atoms with van der Waals surface area (Å²) in [6.45, 7) is 4.20. The van der Waals surface area contributed by atoms with E-state index in [9.17, 15) is 0 Å². The SMILES string of the molecule is C#CCCCN(C)Cc1cccc(C)c1. The van der Waals surface area contributed by atoms with Gasteiger partial charge in [-0.2, -0.15) is 0 Å². The van der Waals surface area contributed by atoms with Crippen molar-refractivity contribution in [3.63, 3.8) is 0 Å². The predicted molar refractivity (Wildman–Crippen MR) is 65.6 cm³/mol. The zero-order valence-corrected chi connectivity index (χ0v) is 9.66. The van der Waals surface area contributed by atoms with Gasteiger partial charge in [0.05, 0.1) is 0 Å². The molecule has 1 aromatic carbocycles. The Hall–Kier alpha value is -1.26. The first-order valence-electron chi connectivity index (χ1n) is 5.40. The molecule has 0 aliphatic heterocycles. The van der Waals surface area contributed by atoms with Crippen molar-refractivity contribution in [2.45, 2.75) is 26.3 Å². The quantitative estimate of drug-likeness (QED) is 0.523. The van der Waals surface area contributed by atoms with Gasteiger partial charge in [0.2, 0.25) is 0 Å². The first-order valence-corrected chi connectivity index (χ1v) is 5.40. The van der Waals surface area contributed by atoms with Gasteiger partial charge in [-0.05, 0) is 32.5 Å². The molecule has 1 rings (SSSR count). The van der Waals surface area contributed by atoms with Crippen LogP contribution in [-0.4, -0.2) is 18.5 Å². The maximum atomic E-state index is 5.22. The Bertz CT molecular complexity index is 335. The fourth-order valence-corrected chi connectivity index (χ4v) is 1.65. The molecule has 0 fully saturated rings. The second-order valence-corrected chi connectivity index (χ2v) is 4.03. The topological polar surface area (TPSA) is 3.24 Å². The highest BCUT2D eigenvalue weighted by molar-refractivity contribution is 5.21. The number of hydrogen-bond acceptors (Lipinski definition) is 1. The van der Waals surface area contributed by atoms with Crippen molar-refractivity contribution in [1.29, 1.82) is 0 Å². The third kappa shape index (κ3) is 4.67. The molecule has 1 aromatic rings. The fourth-order valence-electron chi connectivity index (χ4n) is 1.65. The number of nitrogens with zero attached hydrogens (tertiary/aromatic N) is 1. The fraction of sp³-hybridized carbons (Fsp3) is 0.429. The van der Waals surface area contributed by atoms with Crippen LogP contribution in [-0.2, 0) is 6.54 Å². The molecule has 1 nitrogen and oxygen atoms in total. The number of benzene rings is 1. The van der Waals surface area contributed by atoms with E-state index in [0.29, 0.717) is 0 Å². The lowest BCUT2D eigenvalue weighted by Crippen LogP contribution is -2.18. The summed E-state index contributed by atoms with van der Waals surface area (Å²) < 4.78 is 0. The second-order valence-electron chi connectivity index (χ2n) is 4.03. The van der Waals surface area contributed by atoms with Crippen molar-refractivity contribution >= 4 is 0 Å². The van der Waals surface area contributed by atoms with Crippen LogP contribution >= 0.6 is 0 Å². The molecule has 0 amide bonds. The highest BCUT2D eigenvalue weighted by Gasteiger charge is 1.99. The van der Waals surface area contributed by atoms with Crippen LogP contribution in [0.5, 0.6) is 0 Å². The molecule has 15 heavy (non-hydrogen) atoms. The van der Waals surface area contributed by atoms with Crippen LogP contribution in [0, 0.1) is 19.3 Å². The Morgan fingerprint density at radius 3 is 2.87 bits per heavy atom. The minimum absolute atomic E-state index is 0.873. The Balaban J connectivity index is 2.38.